The minimum absolute atomic E-state index is 0.501. The van der Waals surface area contributed by atoms with E-state index in [-0.39, 0.29) is 0 Å². The molecule has 2 rings (SSSR count). The number of nitrogens with zero attached hydrogens (tertiary/aromatic N) is 3. The summed E-state index contributed by atoms with van der Waals surface area (Å²) in [5, 5.41) is 8.93. The second kappa shape index (κ2) is 4.48. The molecule has 0 aromatic carbocycles. The van der Waals surface area contributed by atoms with Crippen LogP contribution >= 0.6 is 0 Å². The summed E-state index contributed by atoms with van der Waals surface area (Å²) >= 11 is 0. The lowest BCUT2D eigenvalue weighted by Gasteiger charge is -2.29. The van der Waals surface area contributed by atoms with E-state index in [0.29, 0.717) is 11.9 Å². The normalized spacial score (nSPS) is 26.1. The fraction of sp³-hybridized carbons (Fsp3) is 0.667. The second-order valence-corrected chi connectivity index (χ2v) is 4.36. The summed E-state index contributed by atoms with van der Waals surface area (Å²) in [4.78, 5) is 4.06. The topological polar surface area (TPSA) is 41.6 Å². The van der Waals surface area contributed by atoms with Crippen molar-refractivity contribution in [3.05, 3.63) is 18.2 Å². The lowest BCUT2D eigenvalue weighted by atomic mass is 9.84. The van der Waals surface area contributed by atoms with Crippen molar-refractivity contribution in [3.63, 3.8) is 0 Å². The van der Waals surface area contributed by atoms with Gasteiger partial charge in [-0.1, -0.05) is 26.2 Å². The molecule has 0 aliphatic heterocycles. The van der Waals surface area contributed by atoms with Crippen molar-refractivity contribution in [1.82, 2.24) is 9.55 Å². The van der Waals surface area contributed by atoms with Gasteiger partial charge in [0.25, 0.3) is 0 Å². The van der Waals surface area contributed by atoms with Crippen molar-refractivity contribution in [1.29, 1.82) is 5.26 Å². The van der Waals surface area contributed by atoms with Gasteiger partial charge in [-0.05, 0) is 18.8 Å². The highest BCUT2D eigenvalue weighted by atomic mass is 15.1. The fourth-order valence-corrected chi connectivity index (χ4v) is 2.58. The van der Waals surface area contributed by atoms with Crippen LogP contribution in [0.3, 0.4) is 0 Å². The Morgan fingerprint density at radius 2 is 2.47 bits per heavy atom. The molecule has 1 aromatic heterocycles. The van der Waals surface area contributed by atoms with Crippen molar-refractivity contribution < 1.29 is 0 Å². The highest BCUT2D eigenvalue weighted by Gasteiger charge is 2.23. The van der Waals surface area contributed by atoms with E-state index in [1.807, 2.05) is 6.20 Å². The summed E-state index contributed by atoms with van der Waals surface area (Å²) in [5.74, 6) is 1.40. The molecule has 15 heavy (non-hydrogen) atoms. The molecule has 80 valence electrons. The summed E-state index contributed by atoms with van der Waals surface area (Å²) in [6.07, 6.45) is 9.97. The molecule has 3 nitrogen and oxygen atoms in total. The quantitative estimate of drug-likeness (QED) is 0.741. The molecule has 1 fully saturated rings. The van der Waals surface area contributed by atoms with Crippen LogP contribution in [-0.4, -0.2) is 9.55 Å². The fourth-order valence-electron chi connectivity index (χ4n) is 2.58. The van der Waals surface area contributed by atoms with Crippen molar-refractivity contribution in [3.8, 4) is 6.07 Å². The highest BCUT2D eigenvalue weighted by molar-refractivity contribution is 5.12. The molecular formula is C12H17N3. The van der Waals surface area contributed by atoms with Gasteiger partial charge in [0, 0.05) is 18.4 Å². The van der Waals surface area contributed by atoms with Crippen LogP contribution in [0.5, 0.6) is 0 Å². The first-order valence-corrected chi connectivity index (χ1v) is 5.78. The molecule has 0 saturated heterocycles. The first kappa shape index (κ1) is 10.2. The van der Waals surface area contributed by atoms with Gasteiger partial charge in [-0.15, -0.1) is 0 Å². The van der Waals surface area contributed by atoms with Crippen LogP contribution in [0.1, 0.15) is 50.9 Å². The Morgan fingerprint density at radius 1 is 1.60 bits per heavy atom. The van der Waals surface area contributed by atoms with Crippen LogP contribution in [0.25, 0.3) is 0 Å². The van der Waals surface area contributed by atoms with Gasteiger partial charge in [-0.25, -0.2) is 4.98 Å². The van der Waals surface area contributed by atoms with Gasteiger partial charge in [0.2, 0.25) is 5.82 Å². The molecule has 2 unspecified atom stereocenters. The van der Waals surface area contributed by atoms with E-state index in [1.54, 1.807) is 6.20 Å². The van der Waals surface area contributed by atoms with Crippen LogP contribution in [0.2, 0.25) is 0 Å². The van der Waals surface area contributed by atoms with Crippen LogP contribution in [0, 0.1) is 17.2 Å². The zero-order valence-electron chi connectivity index (χ0n) is 9.19. The van der Waals surface area contributed by atoms with Gasteiger partial charge in [0.1, 0.15) is 6.07 Å². The smallest absolute Gasteiger partial charge is 0.212 e. The largest absolute Gasteiger partial charge is 0.320 e. The number of hydrogen-bond acceptors (Lipinski definition) is 2. The highest BCUT2D eigenvalue weighted by Crippen LogP contribution is 2.34. The summed E-state index contributed by atoms with van der Waals surface area (Å²) in [5.41, 5.74) is 0. The number of nitriles is 1. The first-order valence-electron chi connectivity index (χ1n) is 5.78. The predicted octanol–water partition coefficient (Wildman–Crippen LogP) is 2.90. The molecule has 1 aromatic rings. The van der Waals surface area contributed by atoms with Gasteiger partial charge >= 0.3 is 0 Å². The molecular weight excluding hydrogens is 186 g/mol. The second-order valence-electron chi connectivity index (χ2n) is 4.36. The molecule has 1 aliphatic carbocycles. The lowest BCUT2D eigenvalue weighted by molar-refractivity contribution is 0.260. The van der Waals surface area contributed by atoms with Crippen LogP contribution < -0.4 is 0 Å². The number of rotatable bonds is 2. The Morgan fingerprint density at radius 3 is 3.20 bits per heavy atom. The van der Waals surface area contributed by atoms with Gasteiger partial charge in [-0.2, -0.15) is 5.26 Å². The molecule has 1 saturated carbocycles. The zero-order valence-corrected chi connectivity index (χ0v) is 9.19. The van der Waals surface area contributed by atoms with E-state index in [4.69, 9.17) is 5.26 Å². The molecule has 1 heterocycles. The third-order valence-electron chi connectivity index (χ3n) is 3.49. The Kier molecular flexibility index (Phi) is 3.05. The summed E-state index contributed by atoms with van der Waals surface area (Å²) in [6, 6.07) is 2.66. The third kappa shape index (κ3) is 2.04. The number of hydrogen-bond donors (Lipinski definition) is 0. The molecule has 2 atom stereocenters. The van der Waals surface area contributed by atoms with E-state index >= 15 is 0 Å². The van der Waals surface area contributed by atoms with Crippen molar-refractivity contribution >= 4 is 0 Å². The van der Waals surface area contributed by atoms with Gasteiger partial charge in [-0.3, -0.25) is 0 Å². The van der Waals surface area contributed by atoms with Crippen LogP contribution in [0.15, 0.2) is 12.4 Å². The molecule has 0 spiro atoms. The number of aromatic nitrogens is 2. The summed E-state index contributed by atoms with van der Waals surface area (Å²) < 4.78 is 2.06. The SMILES string of the molecule is CCC1CCCC(n2ccnc2C#N)C1. The van der Waals surface area contributed by atoms with E-state index in [0.717, 1.165) is 5.92 Å². The van der Waals surface area contributed by atoms with E-state index in [2.05, 4.69) is 22.5 Å². The molecule has 0 N–H and O–H groups in total. The van der Waals surface area contributed by atoms with E-state index in [9.17, 15) is 0 Å². The maximum Gasteiger partial charge on any atom is 0.212 e. The van der Waals surface area contributed by atoms with Crippen molar-refractivity contribution in [2.24, 2.45) is 5.92 Å². The standard InChI is InChI=1S/C12H17N3/c1-2-10-4-3-5-11(8-10)15-7-6-14-12(15)9-13/h6-7,10-11H,2-5,8H2,1H3. The maximum atomic E-state index is 8.93. The number of imidazole rings is 1. The average Bonchev–Trinajstić information content (AvgIpc) is 2.77. The molecule has 0 radical (unpaired) electrons. The average molecular weight is 203 g/mol. The van der Waals surface area contributed by atoms with E-state index in [1.165, 1.54) is 32.1 Å². The Hall–Kier alpha value is -1.30. The Balaban J connectivity index is 2.14. The zero-order chi connectivity index (χ0) is 10.7. The molecule has 3 heteroatoms. The van der Waals surface area contributed by atoms with Gasteiger partial charge in [0.15, 0.2) is 0 Å². The minimum atomic E-state index is 0.501. The van der Waals surface area contributed by atoms with E-state index < -0.39 is 0 Å². The third-order valence-corrected chi connectivity index (χ3v) is 3.49. The summed E-state index contributed by atoms with van der Waals surface area (Å²) in [6.45, 7) is 2.26. The predicted molar refractivity (Wildman–Crippen MR) is 58.2 cm³/mol. The molecule has 0 bridgehead atoms. The Bertz CT molecular complexity index is 361. The molecule has 1 aliphatic rings. The first-order chi connectivity index (χ1) is 7.35. The molecule has 0 amide bonds. The minimum Gasteiger partial charge on any atom is -0.320 e. The van der Waals surface area contributed by atoms with Crippen molar-refractivity contribution in [2.75, 3.05) is 0 Å². The monoisotopic (exact) mass is 203 g/mol. The van der Waals surface area contributed by atoms with Gasteiger partial charge in [0.05, 0.1) is 0 Å². The van der Waals surface area contributed by atoms with Crippen molar-refractivity contribution in [2.45, 2.75) is 45.1 Å². The van der Waals surface area contributed by atoms with Crippen LogP contribution in [-0.2, 0) is 0 Å². The Labute approximate surface area is 90.7 Å². The van der Waals surface area contributed by atoms with Crippen LogP contribution in [0.4, 0.5) is 0 Å². The maximum absolute atomic E-state index is 8.93. The summed E-state index contributed by atoms with van der Waals surface area (Å²) in [7, 11) is 0. The lowest BCUT2D eigenvalue weighted by Crippen LogP contribution is -2.19. The van der Waals surface area contributed by atoms with Gasteiger partial charge < -0.3 is 4.57 Å².